The van der Waals surface area contributed by atoms with Crippen LogP contribution in [-0.2, 0) is 4.74 Å². The summed E-state index contributed by atoms with van der Waals surface area (Å²) in [6, 6.07) is 5.21. The van der Waals surface area contributed by atoms with Crippen molar-refractivity contribution in [1.82, 2.24) is 4.40 Å². The van der Waals surface area contributed by atoms with Crippen LogP contribution in [0.3, 0.4) is 0 Å². The van der Waals surface area contributed by atoms with Crippen LogP contribution in [0.25, 0.3) is 5.52 Å². The van der Waals surface area contributed by atoms with Crippen molar-refractivity contribution in [3.63, 3.8) is 0 Å². The molecule has 0 N–H and O–H groups in total. The first-order chi connectivity index (χ1) is 7.66. The first-order valence-corrected chi connectivity index (χ1v) is 5.57. The van der Waals surface area contributed by atoms with Gasteiger partial charge in [-0.15, -0.1) is 0 Å². The summed E-state index contributed by atoms with van der Waals surface area (Å²) in [4.78, 5) is 11.6. The molecule has 84 valence electrons. The molecule has 2 aromatic rings. The van der Waals surface area contributed by atoms with E-state index < -0.39 is 11.8 Å². The third-order valence-corrected chi connectivity index (χ3v) is 2.95. The summed E-state index contributed by atoms with van der Waals surface area (Å²) in [5.74, 6) is -1.25. The van der Waals surface area contributed by atoms with Crippen LogP contribution in [0.2, 0.25) is 0 Å². The molecule has 0 fully saturated rings. The van der Waals surface area contributed by atoms with Crippen LogP contribution in [0.1, 0.15) is 17.4 Å². The predicted molar refractivity (Wildman–Crippen MR) is 61.0 cm³/mol. The molecule has 0 aliphatic carbocycles. The minimum absolute atomic E-state index is 0.0793. The van der Waals surface area contributed by atoms with Crippen molar-refractivity contribution in [3.8, 4) is 0 Å². The standard InChI is InChI=1S/C11H9BrFNO2/c1-2-16-11(15)10-9(13)8(12)7-5-3-4-6-14(7)10/h3-6H,2H2,1H3. The minimum Gasteiger partial charge on any atom is -0.461 e. The van der Waals surface area contributed by atoms with Crippen molar-refractivity contribution in [2.45, 2.75) is 6.92 Å². The Morgan fingerprint density at radius 2 is 2.31 bits per heavy atom. The average molecular weight is 286 g/mol. The molecule has 0 aliphatic heterocycles. The Morgan fingerprint density at radius 1 is 1.56 bits per heavy atom. The minimum atomic E-state index is -0.660. The summed E-state index contributed by atoms with van der Waals surface area (Å²) in [7, 11) is 0. The molecule has 0 saturated heterocycles. The Hall–Kier alpha value is -1.36. The maximum absolute atomic E-state index is 13.8. The molecule has 16 heavy (non-hydrogen) atoms. The largest absolute Gasteiger partial charge is 0.461 e. The van der Waals surface area contributed by atoms with E-state index in [-0.39, 0.29) is 16.8 Å². The van der Waals surface area contributed by atoms with E-state index in [1.807, 2.05) is 0 Å². The molecular formula is C11H9BrFNO2. The lowest BCUT2D eigenvalue weighted by molar-refractivity contribution is 0.0513. The maximum Gasteiger partial charge on any atom is 0.358 e. The molecule has 0 aromatic carbocycles. The molecule has 0 radical (unpaired) electrons. The van der Waals surface area contributed by atoms with Gasteiger partial charge < -0.3 is 9.14 Å². The Bertz CT molecular complexity index is 550. The molecule has 5 heteroatoms. The molecule has 0 saturated carbocycles. The lowest BCUT2D eigenvalue weighted by atomic mass is 10.4. The SMILES string of the molecule is CCOC(=O)c1c(F)c(Br)c2ccccn12. The van der Waals surface area contributed by atoms with Gasteiger partial charge in [0.25, 0.3) is 0 Å². The fraction of sp³-hybridized carbons (Fsp3) is 0.182. The van der Waals surface area contributed by atoms with E-state index >= 15 is 0 Å². The second kappa shape index (κ2) is 4.25. The number of hydrogen-bond donors (Lipinski definition) is 0. The smallest absolute Gasteiger partial charge is 0.358 e. The maximum atomic E-state index is 13.8. The summed E-state index contributed by atoms with van der Waals surface area (Å²) >= 11 is 3.12. The molecule has 2 aromatic heterocycles. The highest BCUT2D eigenvalue weighted by Crippen LogP contribution is 2.27. The van der Waals surface area contributed by atoms with Crippen molar-refractivity contribution in [3.05, 3.63) is 40.4 Å². The van der Waals surface area contributed by atoms with Crippen LogP contribution in [0.15, 0.2) is 28.9 Å². The van der Waals surface area contributed by atoms with E-state index in [2.05, 4.69) is 15.9 Å². The summed E-state index contributed by atoms with van der Waals surface area (Å²) in [6.07, 6.45) is 1.62. The lowest BCUT2D eigenvalue weighted by Gasteiger charge is -2.01. The molecule has 0 atom stereocenters. The van der Waals surface area contributed by atoms with Crippen molar-refractivity contribution in [2.24, 2.45) is 0 Å². The molecular weight excluding hydrogens is 277 g/mol. The summed E-state index contributed by atoms with van der Waals surface area (Å²) in [5, 5.41) is 0. The van der Waals surface area contributed by atoms with Crippen molar-refractivity contribution < 1.29 is 13.9 Å². The van der Waals surface area contributed by atoms with E-state index in [0.29, 0.717) is 5.52 Å². The zero-order valence-corrected chi connectivity index (χ0v) is 10.1. The van der Waals surface area contributed by atoms with Gasteiger partial charge in [-0.2, -0.15) is 0 Å². The topological polar surface area (TPSA) is 30.7 Å². The van der Waals surface area contributed by atoms with Gasteiger partial charge in [0, 0.05) is 6.20 Å². The summed E-state index contributed by atoms with van der Waals surface area (Å²) in [6.45, 7) is 1.90. The number of aromatic nitrogens is 1. The van der Waals surface area contributed by atoms with Gasteiger partial charge in [-0.25, -0.2) is 9.18 Å². The molecule has 2 heterocycles. The number of carbonyl (C=O) groups is 1. The van der Waals surface area contributed by atoms with Crippen molar-refractivity contribution in [2.75, 3.05) is 6.61 Å². The molecule has 0 aliphatic rings. The van der Waals surface area contributed by atoms with Gasteiger partial charge in [-0.05, 0) is 35.0 Å². The number of nitrogens with zero attached hydrogens (tertiary/aromatic N) is 1. The number of esters is 1. The van der Waals surface area contributed by atoms with Crippen LogP contribution >= 0.6 is 15.9 Å². The Kier molecular flexibility index (Phi) is 2.96. The van der Waals surface area contributed by atoms with Gasteiger partial charge in [-0.1, -0.05) is 6.07 Å². The highest BCUT2D eigenvalue weighted by Gasteiger charge is 2.22. The number of hydrogen-bond acceptors (Lipinski definition) is 2. The fourth-order valence-corrected chi connectivity index (χ4v) is 2.04. The fourth-order valence-electron chi connectivity index (χ4n) is 1.53. The highest BCUT2D eigenvalue weighted by atomic mass is 79.9. The first kappa shape index (κ1) is 11.1. The number of ether oxygens (including phenoxy) is 1. The Morgan fingerprint density at radius 3 is 3.00 bits per heavy atom. The van der Waals surface area contributed by atoms with E-state index in [1.165, 1.54) is 4.40 Å². The number of pyridine rings is 1. The summed E-state index contributed by atoms with van der Waals surface area (Å²) < 4.78 is 20.4. The molecule has 2 rings (SSSR count). The molecule has 0 spiro atoms. The van der Waals surface area contributed by atoms with Gasteiger partial charge in [0.1, 0.15) is 0 Å². The molecule has 0 amide bonds. The number of halogens is 2. The van der Waals surface area contributed by atoms with Crippen LogP contribution in [0.5, 0.6) is 0 Å². The number of fused-ring (bicyclic) bond motifs is 1. The molecule has 0 unspecified atom stereocenters. The summed E-state index contributed by atoms with van der Waals surface area (Å²) in [5.41, 5.74) is 0.521. The average Bonchev–Trinajstić information content (AvgIpc) is 2.53. The van der Waals surface area contributed by atoms with Gasteiger partial charge in [-0.3, -0.25) is 0 Å². The van der Waals surface area contributed by atoms with Crippen LogP contribution in [-0.4, -0.2) is 17.0 Å². The number of carbonyl (C=O) groups excluding carboxylic acids is 1. The van der Waals surface area contributed by atoms with Gasteiger partial charge in [0.05, 0.1) is 16.6 Å². The van der Waals surface area contributed by atoms with Crippen molar-refractivity contribution in [1.29, 1.82) is 0 Å². The monoisotopic (exact) mass is 285 g/mol. The normalized spacial score (nSPS) is 10.7. The Labute approximate surface area is 100.0 Å². The highest BCUT2D eigenvalue weighted by molar-refractivity contribution is 9.10. The quantitative estimate of drug-likeness (QED) is 0.794. The zero-order valence-electron chi connectivity index (χ0n) is 8.54. The first-order valence-electron chi connectivity index (χ1n) is 4.78. The van der Waals surface area contributed by atoms with E-state index in [0.717, 1.165) is 0 Å². The molecule has 3 nitrogen and oxygen atoms in total. The third kappa shape index (κ3) is 1.61. The molecule has 0 bridgehead atoms. The van der Waals surface area contributed by atoms with Crippen molar-refractivity contribution >= 4 is 27.4 Å². The van der Waals surface area contributed by atoms with Gasteiger partial charge in [0.2, 0.25) is 0 Å². The Balaban J connectivity index is 2.68. The number of rotatable bonds is 2. The van der Waals surface area contributed by atoms with E-state index in [1.54, 1.807) is 31.3 Å². The van der Waals surface area contributed by atoms with Crippen LogP contribution in [0.4, 0.5) is 4.39 Å². The third-order valence-electron chi connectivity index (χ3n) is 2.20. The predicted octanol–water partition coefficient (Wildman–Crippen LogP) is 3.02. The van der Waals surface area contributed by atoms with E-state index in [4.69, 9.17) is 4.74 Å². The zero-order chi connectivity index (χ0) is 11.7. The van der Waals surface area contributed by atoms with Crippen LogP contribution < -0.4 is 0 Å². The second-order valence-electron chi connectivity index (χ2n) is 3.15. The lowest BCUT2D eigenvalue weighted by Crippen LogP contribution is -2.09. The van der Waals surface area contributed by atoms with Gasteiger partial charge >= 0.3 is 5.97 Å². The van der Waals surface area contributed by atoms with E-state index in [9.17, 15) is 9.18 Å². The van der Waals surface area contributed by atoms with Gasteiger partial charge in [0.15, 0.2) is 11.5 Å². The van der Waals surface area contributed by atoms with Crippen LogP contribution in [0, 0.1) is 5.82 Å². The second-order valence-corrected chi connectivity index (χ2v) is 3.95.